The van der Waals surface area contributed by atoms with Gasteiger partial charge in [0.2, 0.25) is 0 Å². The first kappa shape index (κ1) is 10.3. The Morgan fingerprint density at radius 2 is 2.40 bits per heavy atom. The summed E-state index contributed by atoms with van der Waals surface area (Å²) in [6.45, 7) is 0.806. The third kappa shape index (κ3) is 2.86. The van der Waals surface area contributed by atoms with Gasteiger partial charge in [0.25, 0.3) is 0 Å². The van der Waals surface area contributed by atoms with Crippen molar-refractivity contribution in [2.75, 3.05) is 6.61 Å². The van der Waals surface area contributed by atoms with E-state index in [1.807, 2.05) is 12.1 Å². The highest BCUT2D eigenvalue weighted by Gasteiger charge is 2.13. The van der Waals surface area contributed by atoms with Gasteiger partial charge in [-0.25, -0.2) is 0 Å². The number of nitrogens with two attached hydrogens (primary N) is 1. The van der Waals surface area contributed by atoms with Gasteiger partial charge in [0.1, 0.15) is 11.5 Å². The zero-order valence-corrected chi connectivity index (χ0v) is 8.82. The largest absolute Gasteiger partial charge is 0.497 e. The number of ether oxygens (including phenoxy) is 1. The average molecular weight is 207 g/mol. The predicted octanol–water partition coefficient (Wildman–Crippen LogP) is 2.23. The normalized spacial score (nSPS) is 18.1. The van der Waals surface area contributed by atoms with Crippen LogP contribution in [0.3, 0.4) is 0 Å². The van der Waals surface area contributed by atoms with E-state index in [-0.39, 0.29) is 6.04 Å². The Labute approximate surface area is 89.9 Å². The highest BCUT2D eigenvalue weighted by atomic mass is 16.5. The lowest BCUT2D eigenvalue weighted by atomic mass is 10.1. The zero-order chi connectivity index (χ0) is 10.5. The first-order chi connectivity index (χ1) is 7.36. The maximum absolute atomic E-state index is 6.03. The molecule has 1 unspecified atom stereocenters. The molecule has 1 aliphatic rings. The van der Waals surface area contributed by atoms with Crippen LogP contribution in [0.25, 0.3) is 0 Å². The van der Waals surface area contributed by atoms with Crippen molar-refractivity contribution in [3.05, 3.63) is 36.0 Å². The second-order valence-corrected chi connectivity index (χ2v) is 3.82. The summed E-state index contributed by atoms with van der Waals surface area (Å²) in [5.41, 5.74) is 6.03. The van der Waals surface area contributed by atoms with Crippen molar-refractivity contribution in [1.82, 2.24) is 0 Å². The molecule has 15 heavy (non-hydrogen) atoms. The maximum Gasteiger partial charge on any atom is 0.109 e. The molecule has 3 nitrogen and oxygen atoms in total. The first-order valence-electron chi connectivity index (χ1n) is 5.47. The molecule has 0 radical (unpaired) electrons. The molecule has 2 rings (SSSR count). The van der Waals surface area contributed by atoms with Crippen molar-refractivity contribution in [3.63, 3.8) is 0 Å². The van der Waals surface area contributed by atoms with Crippen LogP contribution in [0.1, 0.15) is 25.0 Å². The molecule has 2 N–H and O–H groups in total. The smallest absolute Gasteiger partial charge is 0.109 e. The van der Waals surface area contributed by atoms with Crippen LogP contribution in [0.5, 0.6) is 0 Å². The van der Waals surface area contributed by atoms with E-state index in [9.17, 15) is 0 Å². The van der Waals surface area contributed by atoms with Crippen molar-refractivity contribution in [1.29, 1.82) is 0 Å². The van der Waals surface area contributed by atoms with Crippen molar-refractivity contribution in [3.8, 4) is 0 Å². The van der Waals surface area contributed by atoms with Crippen LogP contribution in [-0.4, -0.2) is 12.6 Å². The van der Waals surface area contributed by atoms with Crippen molar-refractivity contribution in [2.45, 2.75) is 31.7 Å². The summed E-state index contributed by atoms with van der Waals surface area (Å²) < 4.78 is 10.8. The van der Waals surface area contributed by atoms with Crippen molar-refractivity contribution < 1.29 is 9.15 Å². The molecule has 0 aliphatic carbocycles. The summed E-state index contributed by atoms with van der Waals surface area (Å²) in [5, 5.41) is 0. The lowest BCUT2D eigenvalue weighted by Crippen LogP contribution is -2.26. The summed E-state index contributed by atoms with van der Waals surface area (Å²) in [7, 11) is 0. The molecule has 0 aromatic carbocycles. The lowest BCUT2D eigenvalue weighted by molar-refractivity contribution is 0.173. The minimum Gasteiger partial charge on any atom is -0.497 e. The van der Waals surface area contributed by atoms with Crippen LogP contribution in [0.4, 0.5) is 0 Å². The Morgan fingerprint density at radius 3 is 3.07 bits per heavy atom. The van der Waals surface area contributed by atoms with E-state index in [2.05, 4.69) is 6.08 Å². The first-order valence-corrected chi connectivity index (χ1v) is 5.47. The van der Waals surface area contributed by atoms with E-state index >= 15 is 0 Å². The fourth-order valence-corrected chi connectivity index (χ4v) is 1.73. The van der Waals surface area contributed by atoms with Gasteiger partial charge in [0.05, 0.1) is 18.9 Å². The van der Waals surface area contributed by atoms with Crippen molar-refractivity contribution in [2.24, 2.45) is 5.73 Å². The number of hydrogen-bond donors (Lipinski definition) is 1. The second kappa shape index (κ2) is 5.03. The van der Waals surface area contributed by atoms with Gasteiger partial charge in [-0.2, -0.15) is 0 Å². The van der Waals surface area contributed by atoms with Crippen molar-refractivity contribution >= 4 is 0 Å². The van der Waals surface area contributed by atoms with Gasteiger partial charge in [-0.1, -0.05) is 0 Å². The predicted molar refractivity (Wildman–Crippen MR) is 58.3 cm³/mol. The third-order valence-corrected chi connectivity index (χ3v) is 2.61. The standard InChI is InChI=1S/C12H17NO2/c13-11(12-5-1-2-8-15-12)7-6-10-4-3-9-14-10/h3-5,9,11H,1-2,6-8,13H2. The highest BCUT2D eigenvalue weighted by molar-refractivity contribution is 5.06. The van der Waals surface area contributed by atoms with E-state index in [0.717, 1.165) is 43.8 Å². The van der Waals surface area contributed by atoms with Crippen LogP contribution >= 0.6 is 0 Å². The van der Waals surface area contributed by atoms with Crippen LogP contribution in [0.2, 0.25) is 0 Å². The molecule has 1 aliphatic heterocycles. The molecule has 0 bridgehead atoms. The second-order valence-electron chi connectivity index (χ2n) is 3.82. The van der Waals surface area contributed by atoms with Crippen LogP contribution in [0, 0.1) is 0 Å². The minimum atomic E-state index is 0.00963. The molecule has 1 aromatic rings. The van der Waals surface area contributed by atoms with Gasteiger partial charge < -0.3 is 14.9 Å². The number of hydrogen-bond acceptors (Lipinski definition) is 3. The highest BCUT2D eigenvalue weighted by Crippen LogP contribution is 2.16. The van der Waals surface area contributed by atoms with E-state index in [4.69, 9.17) is 14.9 Å². The topological polar surface area (TPSA) is 48.4 Å². The van der Waals surface area contributed by atoms with Crippen LogP contribution in [-0.2, 0) is 11.2 Å². The van der Waals surface area contributed by atoms with E-state index in [1.165, 1.54) is 0 Å². The molecule has 0 saturated heterocycles. The number of aryl methyl sites for hydroxylation is 1. The Bertz CT molecular complexity index is 316. The molecular weight excluding hydrogens is 190 g/mol. The van der Waals surface area contributed by atoms with Gasteiger partial charge in [0, 0.05) is 6.42 Å². The Morgan fingerprint density at radius 1 is 1.47 bits per heavy atom. The maximum atomic E-state index is 6.03. The summed E-state index contributed by atoms with van der Waals surface area (Å²) >= 11 is 0. The number of allylic oxidation sites excluding steroid dienone is 1. The average Bonchev–Trinajstić information content (AvgIpc) is 2.80. The van der Waals surface area contributed by atoms with E-state index < -0.39 is 0 Å². The number of furan rings is 1. The third-order valence-electron chi connectivity index (χ3n) is 2.61. The van der Waals surface area contributed by atoms with Crippen LogP contribution < -0.4 is 5.73 Å². The molecular formula is C12H17NO2. The Kier molecular flexibility index (Phi) is 3.45. The van der Waals surface area contributed by atoms with Gasteiger partial charge in [-0.15, -0.1) is 0 Å². The fourth-order valence-electron chi connectivity index (χ4n) is 1.73. The SMILES string of the molecule is NC(CCc1ccco1)C1=CCCCO1. The zero-order valence-electron chi connectivity index (χ0n) is 8.82. The quantitative estimate of drug-likeness (QED) is 0.823. The summed E-state index contributed by atoms with van der Waals surface area (Å²) in [4.78, 5) is 0. The van der Waals surface area contributed by atoms with Gasteiger partial charge in [-0.3, -0.25) is 0 Å². The minimum absolute atomic E-state index is 0.00963. The lowest BCUT2D eigenvalue weighted by Gasteiger charge is -2.20. The molecule has 3 heteroatoms. The Balaban J connectivity index is 1.81. The fraction of sp³-hybridized carbons (Fsp3) is 0.500. The molecule has 0 saturated carbocycles. The number of rotatable bonds is 4. The molecule has 0 fully saturated rings. The van der Waals surface area contributed by atoms with E-state index in [0.29, 0.717) is 0 Å². The molecule has 0 amide bonds. The van der Waals surface area contributed by atoms with E-state index in [1.54, 1.807) is 6.26 Å². The Hall–Kier alpha value is -1.22. The molecule has 2 heterocycles. The van der Waals surface area contributed by atoms with Gasteiger partial charge in [0.15, 0.2) is 0 Å². The summed E-state index contributed by atoms with van der Waals surface area (Å²) in [6, 6.07) is 3.88. The van der Waals surface area contributed by atoms with Gasteiger partial charge >= 0.3 is 0 Å². The molecule has 0 spiro atoms. The van der Waals surface area contributed by atoms with Gasteiger partial charge in [-0.05, 0) is 37.5 Å². The molecule has 1 aromatic heterocycles. The summed E-state index contributed by atoms with van der Waals surface area (Å²) in [6.07, 6.45) is 7.74. The summed E-state index contributed by atoms with van der Waals surface area (Å²) in [5.74, 6) is 1.94. The molecule has 1 atom stereocenters. The monoisotopic (exact) mass is 207 g/mol. The van der Waals surface area contributed by atoms with Crippen LogP contribution in [0.15, 0.2) is 34.6 Å². The molecule has 82 valence electrons.